The molecule has 2 unspecified atom stereocenters. The summed E-state index contributed by atoms with van der Waals surface area (Å²) in [6.07, 6.45) is 5.41. The van der Waals surface area contributed by atoms with Gasteiger partial charge in [0.2, 0.25) is 0 Å². The third-order valence-electron chi connectivity index (χ3n) is 9.05. The lowest BCUT2D eigenvalue weighted by Crippen LogP contribution is -2.53. The molecule has 1 N–H and O–H groups in total. The molecular formula is C31H44N6O4S. The fourth-order valence-electron chi connectivity index (χ4n) is 6.89. The van der Waals surface area contributed by atoms with Gasteiger partial charge in [-0.1, -0.05) is 17.8 Å². The lowest BCUT2D eigenvalue weighted by atomic mass is 10.1. The molecule has 2 atom stereocenters. The van der Waals surface area contributed by atoms with Crippen molar-refractivity contribution in [3.05, 3.63) is 41.6 Å². The second kappa shape index (κ2) is 13.8. The summed E-state index contributed by atoms with van der Waals surface area (Å²) in [5.74, 6) is 0.0781. The summed E-state index contributed by atoms with van der Waals surface area (Å²) in [6.45, 7) is 10.8. The Morgan fingerprint density at radius 3 is 2.67 bits per heavy atom. The zero-order valence-electron chi connectivity index (χ0n) is 24.7. The van der Waals surface area contributed by atoms with Crippen LogP contribution in [0.25, 0.3) is 10.9 Å². The summed E-state index contributed by atoms with van der Waals surface area (Å²) >= 11 is 1.84. The summed E-state index contributed by atoms with van der Waals surface area (Å²) < 4.78 is 11.5. The van der Waals surface area contributed by atoms with E-state index in [0.29, 0.717) is 0 Å². The average molecular weight is 597 g/mol. The van der Waals surface area contributed by atoms with E-state index in [2.05, 4.69) is 42.0 Å². The van der Waals surface area contributed by atoms with Gasteiger partial charge in [0, 0.05) is 69.6 Å². The molecule has 11 heteroatoms. The van der Waals surface area contributed by atoms with Crippen molar-refractivity contribution in [2.75, 3.05) is 90.7 Å². The molecule has 6 rings (SSSR count). The van der Waals surface area contributed by atoms with Crippen molar-refractivity contribution in [3.8, 4) is 5.75 Å². The molecule has 0 spiro atoms. The molecule has 1 aromatic heterocycles. The number of carboxylic acids is 1. The van der Waals surface area contributed by atoms with Crippen LogP contribution in [0.3, 0.4) is 0 Å². The zero-order chi connectivity index (χ0) is 28.9. The Morgan fingerprint density at radius 1 is 1.05 bits per heavy atom. The van der Waals surface area contributed by atoms with Gasteiger partial charge in [0.05, 0.1) is 38.3 Å². The molecule has 4 aliphatic heterocycles. The maximum atomic E-state index is 12.3. The van der Waals surface area contributed by atoms with Crippen molar-refractivity contribution in [2.45, 2.75) is 37.2 Å². The monoisotopic (exact) mass is 596 g/mol. The quantitative estimate of drug-likeness (QED) is 0.439. The Hall–Kier alpha value is -2.57. The minimum atomic E-state index is -0.749. The highest BCUT2D eigenvalue weighted by atomic mass is 32.2. The molecule has 3 fully saturated rings. The first-order valence-corrected chi connectivity index (χ1v) is 16.4. The molecule has 228 valence electrons. The van der Waals surface area contributed by atoms with Crippen LogP contribution in [0.1, 0.15) is 25.7 Å². The number of aromatic nitrogens is 1. The van der Waals surface area contributed by atoms with Gasteiger partial charge in [0.25, 0.3) is 0 Å². The van der Waals surface area contributed by atoms with Gasteiger partial charge in [-0.3, -0.25) is 19.6 Å². The fourth-order valence-corrected chi connectivity index (χ4v) is 8.20. The van der Waals surface area contributed by atoms with Crippen LogP contribution >= 0.6 is 11.8 Å². The van der Waals surface area contributed by atoms with Gasteiger partial charge >= 0.3 is 5.97 Å². The van der Waals surface area contributed by atoms with Crippen molar-refractivity contribution in [1.82, 2.24) is 24.6 Å². The largest absolute Gasteiger partial charge is 0.494 e. The van der Waals surface area contributed by atoms with Crippen molar-refractivity contribution in [1.29, 1.82) is 0 Å². The van der Waals surface area contributed by atoms with Gasteiger partial charge < -0.3 is 29.3 Å². The number of pyridine rings is 1. The molecule has 42 heavy (non-hydrogen) atoms. The van der Waals surface area contributed by atoms with Crippen LogP contribution in [0.15, 0.2) is 41.6 Å². The Balaban J connectivity index is 1.23. The summed E-state index contributed by atoms with van der Waals surface area (Å²) in [6, 6.07) is 7.96. The van der Waals surface area contributed by atoms with Gasteiger partial charge in [0.1, 0.15) is 16.9 Å². The second-order valence-electron chi connectivity index (χ2n) is 11.6. The molecule has 3 saturated heterocycles. The molecule has 4 aliphatic rings. The average Bonchev–Trinajstić information content (AvgIpc) is 3.63. The SMILES string of the molecule is COc1ccc2cccnc2c1N1CCCN(C(CC(=O)O)C2=CSC(N3CCOCC3)N2CCN2CCCC2)CC1. The second-order valence-corrected chi connectivity index (χ2v) is 12.5. The fraction of sp³-hybridized carbons (Fsp3) is 0.613. The normalized spacial score (nSPS) is 23.7. The lowest BCUT2D eigenvalue weighted by Gasteiger charge is -2.42. The topological polar surface area (TPSA) is 84.8 Å². The molecule has 0 bridgehead atoms. The summed E-state index contributed by atoms with van der Waals surface area (Å²) in [7, 11) is 1.71. The van der Waals surface area contributed by atoms with Gasteiger partial charge in [-0.2, -0.15) is 0 Å². The number of likely N-dealkylation sites (tertiary alicyclic amines) is 1. The zero-order valence-corrected chi connectivity index (χ0v) is 25.5. The van der Waals surface area contributed by atoms with Crippen molar-refractivity contribution in [3.63, 3.8) is 0 Å². The smallest absolute Gasteiger partial charge is 0.305 e. The molecule has 0 radical (unpaired) electrons. The predicted octanol–water partition coefficient (Wildman–Crippen LogP) is 3.20. The van der Waals surface area contributed by atoms with Gasteiger partial charge in [-0.25, -0.2) is 0 Å². The Bertz CT molecular complexity index is 1250. The molecular weight excluding hydrogens is 552 g/mol. The molecule has 0 aliphatic carbocycles. The number of carboxylic acid groups (broad SMARTS) is 1. The van der Waals surface area contributed by atoms with Gasteiger partial charge in [-0.05, 0) is 56.0 Å². The number of benzene rings is 1. The van der Waals surface area contributed by atoms with Crippen LogP contribution in [0.4, 0.5) is 5.69 Å². The highest BCUT2D eigenvalue weighted by Crippen LogP contribution is 2.39. The Labute approximate surface area is 253 Å². The highest BCUT2D eigenvalue weighted by molar-refractivity contribution is 8.02. The molecule has 0 saturated carbocycles. The lowest BCUT2D eigenvalue weighted by molar-refractivity contribution is -0.138. The van der Waals surface area contributed by atoms with E-state index in [-0.39, 0.29) is 18.0 Å². The van der Waals surface area contributed by atoms with Crippen LogP contribution in [0, 0.1) is 0 Å². The van der Waals surface area contributed by atoms with E-state index < -0.39 is 5.97 Å². The molecule has 5 heterocycles. The maximum absolute atomic E-state index is 12.3. The number of methoxy groups -OCH3 is 1. The van der Waals surface area contributed by atoms with E-state index in [4.69, 9.17) is 14.5 Å². The Morgan fingerprint density at radius 2 is 1.88 bits per heavy atom. The molecule has 10 nitrogen and oxygen atoms in total. The minimum absolute atomic E-state index is 0.0988. The number of hydrogen-bond donors (Lipinski definition) is 1. The Kier molecular flexibility index (Phi) is 9.70. The van der Waals surface area contributed by atoms with E-state index in [9.17, 15) is 9.90 Å². The van der Waals surface area contributed by atoms with Crippen LogP contribution in [-0.2, 0) is 9.53 Å². The van der Waals surface area contributed by atoms with Gasteiger partial charge in [0.15, 0.2) is 0 Å². The number of nitrogens with zero attached hydrogens (tertiary/aromatic N) is 6. The number of carbonyl (C=O) groups is 1. The van der Waals surface area contributed by atoms with E-state index in [1.807, 2.05) is 30.1 Å². The maximum Gasteiger partial charge on any atom is 0.305 e. The van der Waals surface area contributed by atoms with Crippen molar-refractivity contribution in [2.24, 2.45) is 0 Å². The van der Waals surface area contributed by atoms with E-state index in [0.717, 1.165) is 113 Å². The first-order valence-electron chi connectivity index (χ1n) is 15.4. The first-order chi connectivity index (χ1) is 20.6. The van der Waals surface area contributed by atoms with E-state index >= 15 is 0 Å². The van der Waals surface area contributed by atoms with Crippen LogP contribution in [0.5, 0.6) is 5.75 Å². The number of anilines is 1. The number of thioether (sulfide) groups is 1. The van der Waals surface area contributed by atoms with Crippen LogP contribution in [0.2, 0.25) is 0 Å². The number of morpholine rings is 1. The summed E-state index contributed by atoms with van der Waals surface area (Å²) in [5.41, 5.74) is 3.33. The number of fused-ring (bicyclic) bond motifs is 1. The number of aliphatic carboxylic acids is 1. The number of hydrogen-bond acceptors (Lipinski definition) is 10. The minimum Gasteiger partial charge on any atom is -0.494 e. The highest BCUT2D eigenvalue weighted by Gasteiger charge is 2.39. The van der Waals surface area contributed by atoms with Crippen LogP contribution < -0.4 is 9.64 Å². The van der Waals surface area contributed by atoms with E-state index in [1.165, 1.54) is 12.8 Å². The van der Waals surface area contributed by atoms with Crippen molar-refractivity contribution >= 4 is 34.3 Å². The standard InChI is InChI=1S/C31H44N6O4S/c1-40-27-8-7-24-6-4-9-32-29(24)30(27)35-13-5-12-34(15-16-35)25(22-28(38)39)26-23-42-31(36-18-20-41-21-19-36)37(26)17-14-33-10-2-3-11-33/h4,6-9,23,25,31H,2-3,5,10-22H2,1H3,(H,38,39). The first kappa shape index (κ1) is 29.5. The summed E-state index contributed by atoms with van der Waals surface area (Å²) in [5, 5.41) is 13.5. The summed E-state index contributed by atoms with van der Waals surface area (Å²) in [4.78, 5) is 29.4. The number of ether oxygens (including phenoxy) is 2. The third kappa shape index (κ3) is 6.50. The van der Waals surface area contributed by atoms with Gasteiger partial charge in [-0.15, -0.1) is 0 Å². The number of rotatable bonds is 10. The molecule has 0 amide bonds. The molecule has 2 aromatic rings. The third-order valence-corrected chi connectivity index (χ3v) is 10.2. The van der Waals surface area contributed by atoms with E-state index in [1.54, 1.807) is 7.11 Å². The molecule has 1 aromatic carbocycles. The predicted molar refractivity (Wildman–Crippen MR) is 167 cm³/mol. The van der Waals surface area contributed by atoms with Crippen LogP contribution in [-0.4, -0.2) is 133 Å². The van der Waals surface area contributed by atoms with Crippen molar-refractivity contribution < 1.29 is 19.4 Å².